The van der Waals surface area contributed by atoms with Crippen LogP contribution in [0, 0.1) is 0 Å². The van der Waals surface area contributed by atoms with Crippen molar-refractivity contribution in [2.24, 2.45) is 5.14 Å². The molecule has 8 nitrogen and oxygen atoms in total. The molecule has 90 valence electrons. The molecule has 4 N–H and O–H groups in total. The molecule has 0 aliphatic heterocycles. The Bertz CT molecular complexity index is 468. The molecule has 1 aromatic rings. The van der Waals surface area contributed by atoms with E-state index < -0.39 is 15.9 Å². The van der Waals surface area contributed by atoms with Crippen LogP contribution in [0.5, 0.6) is 0 Å². The fourth-order valence-electron chi connectivity index (χ4n) is 0.798. The molecule has 1 heterocycles. The van der Waals surface area contributed by atoms with E-state index in [-0.39, 0.29) is 17.3 Å². The van der Waals surface area contributed by atoms with Gasteiger partial charge in [-0.2, -0.15) is 0 Å². The number of carbonyl (C=O) groups excluding carboxylic acids is 1. The van der Waals surface area contributed by atoms with Crippen LogP contribution < -0.4 is 15.8 Å². The summed E-state index contributed by atoms with van der Waals surface area (Å²) < 4.78 is 21.2. The zero-order valence-electron chi connectivity index (χ0n) is 8.43. The number of anilines is 1. The maximum absolute atomic E-state index is 11.4. The van der Waals surface area contributed by atoms with Crippen molar-refractivity contribution in [2.75, 3.05) is 24.7 Å². The van der Waals surface area contributed by atoms with Crippen LogP contribution in [0.4, 0.5) is 5.13 Å². The third-order valence-corrected chi connectivity index (χ3v) is 3.22. The lowest BCUT2D eigenvalue weighted by Gasteiger charge is -2.00. The number of aromatic nitrogens is 2. The molecule has 0 aliphatic carbocycles. The topological polar surface area (TPSA) is 127 Å². The van der Waals surface area contributed by atoms with E-state index in [9.17, 15) is 13.2 Å². The lowest BCUT2D eigenvalue weighted by atomic mass is 10.6. The van der Waals surface area contributed by atoms with Gasteiger partial charge in [0.15, 0.2) is 0 Å². The van der Waals surface area contributed by atoms with Crippen LogP contribution in [-0.4, -0.2) is 43.9 Å². The largest absolute Gasteiger partial charge is 0.363 e. The summed E-state index contributed by atoms with van der Waals surface area (Å²) in [6.07, 6.45) is 0. The summed E-state index contributed by atoms with van der Waals surface area (Å²) in [4.78, 5) is 11.4. The predicted octanol–water partition coefficient (Wildman–Crippen LogP) is -1.40. The van der Waals surface area contributed by atoms with Gasteiger partial charge in [-0.05, 0) is 0 Å². The molecule has 10 heteroatoms. The average molecular weight is 265 g/mol. The SMILES string of the molecule is CNc1nnc(C(=O)NCCS(N)(=O)=O)s1. The number of amides is 1. The Morgan fingerprint density at radius 2 is 2.19 bits per heavy atom. The average Bonchev–Trinajstić information content (AvgIpc) is 2.63. The zero-order chi connectivity index (χ0) is 12.2. The first-order valence-corrected chi connectivity index (χ1v) is 6.75. The van der Waals surface area contributed by atoms with Crippen LogP contribution in [0.25, 0.3) is 0 Å². The van der Waals surface area contributed by atoms with E-state index in [0.717, 1.165) is 11.3 Å². The van der Waals surface area contributed by atoms with Crippen molar-refractivity contribution in [3.63, 3.8) is 0 Å². The van der Waals surface area contributed by atoms with Gasteiger partial charge < -0.3 is 10.6 Å². The molecule has 0 saturated heterocycles. The molecule has 0 unspecified atom stereocenters. The van der Waals surface area contributed by atoms with E-state index in [2.05, 4.69) is 20.8 Å². The van der Waals surface area contributed by atoms with Gasteiger partial charge in [0.2, 0.25) is 20.2 Å². The van der Waals surface area contributed by atoms with Gasteiger partial charge in [-0.3, -0.25) is 4.79 Å². The molecule has 0 fully saturated rings. The Labute approximate surface area is 96.3 Å². The number of nitrogens with one attached hydrogen (secondary N) is 2. The Morgan fingerprint density at radius 1 is 1.50 bits per heavy atom. The van der Waals surface area contributed by atoms with Crippen LogP contribution in [-0.2, 0) is 10.0 Å². The number of primary sulfonamides is 1. The Kier molecular flexibility index (Phi) is 4.15. The van der Waals surface area contributed by atoms with Crippen molar-refractivity contribution >= 4 is 32.4 Å². The van der Waals surface area contributed by atoms with Gasteiger partial charge in [-0.15, -0.1) is 10.2 Å². The maximum Gasteiger partial charge on any atom is 0.282 e. The first-order valence-electron chi connectivity index (χ1n) is 4.22. The van der Waals surface area contributed by atoms with Gasteiger partial charge in [-0.1, -0.05) is 11.3 Å². The molecular formula is C6H11N5O3S2. The standard InChI is InChI=1S/C6H11N5O3S2/c1-8-6-11-10-5(15-6)4(12)9-2-3-16(7,13)14/h2-3H2,1H3,(H,8,11)(H,9,12)(H2,7,13,14). The van der Waals surface area contributed by atoms with E-state index in [1.807, 2.05) is 0 Å². The second kappa shape index (κ2) is 5.18. The summed E-state index contributed by atoms with van der Waals surface area (Å²) >= 11 is 1.07. The predicted molar refractivity (Wildman–Crippen MR) is 59.8 cm³/mol. The molecule has 0 radical (unpaired) electrons. The number of hydrogen-bond donors (Lipinski definition) is 3. The zero-order valence-corrected chi connectivity index (χ0v) is 10.1. The minimum absolute atomic E-state index is 0.0495. The Hall–Kier alpha value is -1.26. The van der Waals surface area contributed by atoms with Crippen molar-refractivity contribution in [1.82, 2.24) is 15.5 Å². The van der Waals surface area contributed by atoms with E-state index in [0.29, 0.717) is 5.13 Å². The van der Waals surface area contributed by atoms with Crippen LogP contribution >= 0.6 is 11.3 Å². The summed E-state index contributed by atoms with van der Waals surface area (Å²) in [5.74, 6) is -0.779. The molecule has 0 spiro atoms. The van der Waals surface area contributed by atoms with Gasteiger partial charge in [0.1, 0.15) is 0 Å². The quantitative estimate of drug-likeness (QED) is 0.600. The van der Waals surface area contributed by atoms with E-state index in [1.54, 1.807) is 7.05 Å². The highest BCUT2D eigenvalue weighted by atomic mass is 32.2. The van der Waals surface area contributed by atoms with E-state index in [4.69, 9.17) is 5.14 Å². The van der Waals surface area contributed by atoms with Crippen LogP contribution in [0.15, 0.2) is 0 Å². The molecule has 0 atom stereocenters. The fourth-order valence-corrected chi connectivity index (χ4v) is 1.80. The highest BCUT2D eigenvalue weighted by Gasteiger charge is 2.12. The van der Waals surface area contributed by atoms with Gasteiger partial charge >= 0.3 is 0 Å². The number of sulfonamides is 1. The molecule has 16 heavy (non-hydrogen) atoms. The van der Waals surface area contributed by atoms with Crippen LogP contribution in [0.2, 0.25) is 0 Å². The normalized spacial score (nSPS) is 11.1. The number of carbonyl (C=O) groups is 1. The molecular weight excluding hydrogens is 254 g/mol. The molecule has 1 rings (SSSR count). The second-order valence-electron chi connectivity index (χ2n) is 2.79. The second-order valence-corrected chi connectivity index (χ2v) is 5.50. The summed E-state index contributed by atoms with van der Waals surface area (Å²) in [5, 5.41) is 17.8. The van der Waals surface area contributed by atoms with Crippen LogP contribution in [0.1, 0.15) is 9.80 Å². The minimum Gasteiger partial charge on any atom is -0.363 e. The first kappa shape index (κ1) is 12.8. The monoisotopic (exact) mass is 265 g/mol. The smallest absolute Gasteiger partial charge is 0.282 e. The molecule has 1 amide bonds. The number of hydrogen-bond acceptors (Lipinski definition) is 7. The van der Waals surface area contributed by atoms with E-state index in [1.165, 1.54) is 0 Å². The highest BCUT2D eigenvalue weighted by molar-refractivity contribution is 7.89. The van der Waals surface area contributed by atoms with Crippen molar-refractivity contribution in [3.8, 4) is 0 Å². The van der Waals surface area contributed by atoms with Gasteiger partial charge in [0, 0.05) is 13.6 Å². The lowest BCUT2D eigenvalue weighted by Crippen LogP contribution is -2.31. The molecule has 1 aromatic heterocycles. The van der Waals surface area contributed by atoms with Gasteiger partial charge in [0.05, 0.1) is 5.75 Å². The number of nitrogens with zero attached hydrogens (tertiary/aromatic N) is 2. The summed E-state index contributed by atoms with van der Waals surface area (Å²) in [6, 6.07) is 0. The number of nitrogens with two attached hydrogens (primary N) is 1. The van der Waals surface area contributed by atoms with Crippen molar-refractivity contribution in [3.05, 3.63) is 5.01 Å². The third-order valence-electron chi connectivity index (χ3n) is 1.51. The van der Waals surface area contributed by atoms with Crippen LogP contribution in [0.3, 0.4) is 0 Å². The summed E-state index contributed by atoms with van der Waals surface area (Å²) in [5.41, 5.74) is 0. The van der Waals surface area contributed by atoms with Crippen molar-refractivity contribution < 1.29 is 13.2 Å². The highest BCUT2D eigenvalue weighted by Crippen LogP contribution is 2.13. The molecule has 0 bridgehead atoms. The van der Waals surface area contributed by atoms with Gasteiger partial charge in [-0.25, -0.2) is 13.6 Å². The fraction of sp³-hybridized carbons (Fsp3) is 0.500. The minimum atomic E-state index is -3.56. The summed E-state index contributed by atoms with van der Waals surface area (Å²) in [7, 11) is -1.91. The van der Waals surface area contributed by atoms with Crippen molar-refractivity contribution in [2.45, 2.75) is 0 Å². The molecule has 0 saturated carbocycles. The van der Waals surface area contributed by atoms with Gasteiger partial charge in [0.25, 0.3) is 5.91 Å². The summed E-state index contributed by atoms with van der Waals surface area (Å²) in [6.45, 7) is -0.0495. The number of rotatable bonds is 5. The third kappa shape index (κ3) is 4.08. The first-order chi connectivity index (χ1) is 7.42. The Morgan fingerprint density at radius 3 is 2.69 bits per heavy atom. The van der Waals surface area contributed by atoms with Crippen molar-refractivity contribution in [1.29, 1.82) is 0 Å². The molecule has 0 aromatic carbocycles. The molecule has 0 aliphatic rings. The lowest BCUT2D eigenvalue weighted by molar-refractivity contribution is 0.0955. The van der Waals surface area contributed by atoms with E-state index >= 15 is 0 Å². The Balaban J connectivity index is 2.47. The maximum atomic E-state index is 11.4.